The third-order valence-corrected chi connectivity index (χ3v) is 6.60. The molecule has 2 amide bonds. The fourth-order valence-corrected chi connectivity index (χ4v) is 4.33. The van der Waals surface area contributed by atoms with E-state index in [0.717, 1.165) is 18.4 Å². The van der Waals surface area contributed by atoms with Crippen molar-refractivity contribution in [2.75, 3.05) is 13.1 Å². The zero-order valence-electron chi connectivity index (χ0n) is 23.7. The van der Waals surface area contributed by atoms with Gasteiger partial charge in [-0.25, -0.2) is 4.79 Å². The van der Waals surface area contributed by atoms with Gasteiger partial charge in [-0.05, 0) is 24.8 Å². The number of alkyl carbamates (subject to hydrolysis) is 1. The summed E-state index contributed by atoms with van der Waals surface area (Å²) in [4.78, 5) is 29.0. The van der Waals surface area contributed by atoms with Crippen LogP contribution in [0.25, 0.3) is 0 Å². The summed E-state index contributed by atoms with van der Waals surface area (Å²) in [5.41, 5.74) is 11.6. The van der Waals surface area contributed by atoms with Crippen LogP contribution in [-0.4, -0.2) is 37.1 Å². The van der Waals surface area contributed by atoms with E-state index in [1.54, 1.807) is 0 Å². The molecule has 6 N–H and O–H groups in total. The maximum absolute atomic E-state index is 12.7. The summed E-state index contributed by atoms with van der Waals surface area (Å²) in [7, 11) is 0. The van der Waals surface area contributed by atoms with E-state index in [0.29, 0.717) is 25.9 Å². The van der Waals surface area contributed by atoms with Gasteiger partial charge >= 0.3 is 6.09 Å². The van der Waals surface area contributed by atoms with E-state index in [2.05, 4.69) is 22.5 Å². The molecule has 0 radical (unpaired) electrons. The van der Waals surface area contributed by atoms with Crippen molar-refractivity contribution in [2.45, 2.75) is 122 Å². The number of amides is 2. The van der Waals surface area contributed by atoms with Gasteiger partial charge in [-0.1, -0.05) is 121 Å². The minimum Gasteiger partial charge on any atom is -0.445 e. The molecule has 38 heavy (non-hydrogen) atoms. The highest BCUT2D eigenvalue weighted by molar-refractivity contribution is 5.85. The molecule has 0 unspecified atom stereocenters. The number of carbonyl (C=O) groups is 2. The Morgan fingerprint density at radius 1 is 0.816 bits per heavy atom. The average Bonchev–Trinajstić information content (AvgIpc) is 2.91. The summed E-state index contributed by atoms with van der Waals surface area (Å²) in [5, 5.41) is 5.65. The Kier molecular flexibility index (Phi) is 20.4. The van der Waals surface area contributed by atoms with Crippen molar-refractivity contribution in [1.29, 1.82) is 0 Å². The first-order chi connectivity index (χ1) is 18.5. The van der Waals surface area contributed by atoms with Crippen molar-refractivity contribution in [3.05, 3.63) is 35.9 Å². The van der Waals surface area contributed by atoms with Crippen LogP contribution in [-0.2, 0) is 16.1 Å². The number of aliphatic imine (C=N–C) groups is 1. The molecule has 1 aromatic rings. The number of nitrogens with one attached hydrogen (secondary N) is 2. The SMILES string of the molecule is CCCCCCCCCCCCCCCCNC(=O)[C@H](CCCN=C(N)N)NC(=O)OCc1ccccc1. The topological polar surface area (TPSA) is 132 Å². The summed E-state index contributed by atoms with van der Waals surface area (Å²) in [6, 6.07) is 8.73. The number of benzene rings is 1. The second-order valence-corrected chi connectivity index (χ2v) is 10.1. The van der Waals surface area contributed by atoms with Crippen LogP contribution in [0, 0.1) is 0 Å². The van der Waals surface area contributed by atoms with E-state index in [-0.39, 0.29) is 18.5 Å². The van der Waals surface area contributed by atoms with Gasteiger partial charge in [-0.3, -0.25) is 9.79 Å². The fraction of sp³-hybridized carbons (Fsp3) is 0.700. The summed E-state index contributed by atoms with van der Waals surface area (Å²) in [6.07, 6.45) is 18.5. The minimum atomic E-state index is -0.695. The summed E-state index contributed by atoms with van der Waals surface area (Å²) in [5.74, 6) is -0.194. The van der Waals surface area contributed by atoms with Gasteiger partial charge in [0.2, 0.25) is 5.91 Å². The molecule has 0 spiro atoms. The molecule has 0 aliphatic heterocycles. The number of carbonyl (C=O) groups excluding carboxylic acids is 2. The number of nitrogens with two attached hydrogens (primary N) is 2. The monoisotopic (exact) mass is 531 g/mol. The van der Waals surface area contributed by atoms with Crippen molar-refractivity contribution >= 4 is 18.0 Å². The quantitative estimate of drug-likeness (QED) is 0.0789. The summed E-state index contributed by atoms with van der Waals surface area (Å²) in [6.45, 7) is 3.40. The van der Waals surface area contributed by atoms with Crippen LogP contribution in [0.3, 0.4) is 0 Å². The van der Waals surface area contributed by atoms with E-state index >= 15 is 0 Å². The van der Waals surface area contributed by atoms with Crippen LogP contribution in [0.15, 0.2) is 35.3 Å². The molecule has 0 heterocycles. The zero-order chi connectivity index (χ0) is 27.7. The number of guanidine groups is 1. The highest BCUT2D eigenvalue weighted by atomic mass is 16.5. The average molecular weight is 532 g/mol. The van der Waals surface area contributed by atoms with Crippen LogP contribution >= 0.6 is 0 Å². The molecule has 0 aliphatic rings. The maximum atomic E-state index is 12.7. The Hall–Kier alpha value is -2.77. The second kappa shape index (κ2) is 23.4. The first kappa shape index (κ1) is 33.3. The van der Waals surface area contributed by atoms with Crippen molar-refractivity contribution in [3.63, 3.8) is 0 Å². The van der Waals surface area contributed by atoms with Crippen LogP contribution in [0.5, 0.6) is 0 Å². The first-order valence-electron chi connectivity index (χ1n) is 14.8. The summed E-state index contributed by atoms with van der Waals surface area (Å²) >= 11 is 0. The molecule has 1 atom stereocenters. The molecule has 0 bridgehead atoms. The van der Waals surface area contributed by atoms with Crippen molar-refractivity contribution in [1.82, 2.24) is 10.6 Å². The van der Waals surface area contributed by atoms with Crippen molar-refractivity contribution < 1.29 is 14.3 Å². The lowest BCUT2D eigenvalue weighted by Crippen LogP contribution is -2.47. The van der Waals surface area contributed by atoms with Crippen LogP contribution in [0.2, 0.25) is 0 Å². The number of nitrogens with zero attached hydrogens (tertiary/aromatic N) is 1. The molecule has 0 fully saturated rings. The Morgan fingerprint density at radius 2 is 1.37 bits per heavy atom. The van der Waals surface area contributed by atoms with Gasteiger partial charge in [0.05, 0.1) is 0 Å². The third kappa shape index (κ3) is 19.4. The van der Waals surface area contributed by atoms with Crippen molar-refractivity contribution in [2.24, 2.45) is 16.5 Å². The highest BCUT2D eigenvalue weighted by Crippen LogP contribution is 2.13. The molecule has 1 aromatic carbocycles. The molecule has 1 rings (SSSR count). The number of hydrogen-bond donors (Lipinski definition) is 4. The molecule has 8 heteroatoms. The van der Waals surface area contributed by atoms with E-state index in [1.807, 2.05) is 30.3 Å². The largest absolute Gasteiger partial charge is 0.445 e. The lowest BCUT2D eigenvalue weighted by atomic mass is 10.0. The van der Waals surface area contributed by atoms with E-state index < -0.39 is 12.1 Å². The Bertz CT molecular complexity index is 754. The highest BCUT2D eigenvalue weighted by Gasteiger charge is 2.21. The van der Waals surface area contributed by atoms with E-state index in [4.69, 9.17) is 16.2 Å². The Balaban J connectivity index is 2.19. The molecule has 0 aliphatic carbocycles. The predicted octanol–water partition coefficient (Wildman–Crippen LogP) is 5.93. The maximum Gasteiger partial charge on any atom is 0.408 e. The molecular weight excluding hydrogens is 478 g/mol. The second-order valence-electron chi connectivity index (χ2n) is 10.1. The normalized spacial score (nSPS) is 11.5. The van der Waals surface area contributed by atoms with Gasteiger partial charge in [-0.15, -0.1) is 0 Å². The van der Waals surface area contributed by atoms with Crippen molar-refractivity contribution in [3.8, 4) is 0 Å². The number of unbranched alkanes of at least 4 members (excludes halogenated alkanes) is 13. The van der Waals surface area contributed by atoms with Gasteiger partial charge in [0, 0.05) is 13.1 Å². The Labute approximate surface area is 230 Å². The lowest BCUT2D eigenvalue weighted by Gasteiger charge is -2.18. The van der Waals surface area contributed by atoms with Gasteiger partial charge in [-0.2, -0.15) is 0 Å². The smallest absolute Gasteiger partial charge is 0.408 e. The molecule has 8 nitrogen and oxygen atoms in total. The predicted molar refractivity (Wildman–Crippen MR) is 157 cm³/mol. The van der Waals surface area contributed by atoms with Crippen LogP contribution < -0.4 is 22.1 Å². The number of rotatable bonds is 23. The van der Waals surface area contributed by atoms with Gasteiger partial charge < -0.3 is 26.8 Å². The minimum absolute atomic E-state index is 0.0130. The van der Waals surface area contributed by atoms with E-state index in [1.165, 1.54) is 77.0 Å². The molecule has 216 valence electrons. The standard InChI is InChI=1S/C30H53N5O3/c1-2-3-4-5-6-7-8-9-10-11-12-13-14-18-23-33-28(36)27(22-19-24-34-29(31)32)35-30(37)38-25-26-20-16-15-17-21-26/h15-17,20-21,27H,2-14,18-19,22-25H2,1H3,(H,33,36)(H,35,37)(H4,31,32,34)/t27-/m0/s1. The molecule has 0 saturated carbocycles. The molecule has 0 saturated heterocycles. The van der Waals surface area contributed by atoms with Gasteiger partial charge in [0.1, 0.15) is 12.6 Å². The van der Waals surface area contributed by atoms with E-state index in [9.17, 15) is 9.59 Å². The van der Waals surface area contributed by atoms with Gasteiger partial charge in [0.15, 0.2) is 5.96 Å². The fourth-order valence-electron chi connectivity index (χ4n) is 4.33. The molecular formula is C30H53N5O3. The number of ether oxygens (including phenoxy) is 1. The van der Waals surface area contributed by atoms with Crippen LogP contribution in [0.1, 0.15) is 115 Å². The first-order valence-corrected chi connectivity index (χ1v) is 14.8. The van der Waals surface area contributed by atoms with Crippen LogP contribution in [0.4, 0.5) is 4.79 Å². The molecule has 0 aromatic heterocycles. The van der Waals surface area contributed by atoms with Gasteiger partial charge in [0.25, 0.3) is 0 Å². The lowest BCUT2D eigenvalue weighted by molar-refractivity contribution is -0.123. The third-order valence-electron chi connectivity index (χ3n) is 6.60. The zero-order valence-corrected chi connectivity index (χ0v) is 23.7. The number of hydrogen-bond acceptors (Lipinski definition) is 4. The Morgan fingerprint density at radius 3 is 1.92 bits per heavy atom. The summed E-state index contributed by atoms with van der Waals surface area (Å²) < 4.78 is 5.29.